The molecule has 1 heterocycles. The molecular weight excluding hydrogens is 214 g/mol. The van der Waals surface area contributed by atoms with Crippen LogP contribution in [0.25, 0.3) is 0 Å². The Morgan fingerprint density at radius 3 is 2.71 bits per heavy atom. The Labute approximate surface area is 104 Å². The molecule has 98 valence electrons. The molecule has 0 unspecified atom stereocenters. The summed E-state index contributed by atoms with van der Waals surface area (Å²) in [4.78, 5) is 6.67. The van der Waals surface area contributed by atoms with Crippen LogP contribution in [0, 0.1) is 5.41 Å². The van der Waals surface area contributed by atoms with E-state index in [1.807, 2.05) is 7.11 Å². The van der Waals surface area contributed by atoms with Crippen molar-refractivity contribution in [2.45, 2.75) is 38.7 Å². The molecule has 0 amide bonds. The highest BCUT2D eigenvalue weighted by Crippen LogP contribution is 2.36. The Hall–Kier alpha value is -0.770. The largest absolute Gasteiger partial charge is 0.381 e. The van der Waals surface area contributed by atoms with Crippen molar-refractivity contribution in [1.82, 2.24) is 10.2 Å². The summed E-state index contributed by atoms with van der Waals surface area (Å²) in [6.45, 7) is 5.39. The summed E-state index contributed by atoms with van der Waals surface area (Å²) in [6.07, 6.45) is 5.36. The second-order valence-corrected chi connectivity index (χ2v) is 5.73. The molecule has 0 atom stereocenters. The minimum absolute atomic E-state index is 0.404. The number of rotatable bonds is 3. The van der Waals surface area contributed by atoms with Crippen LogP contribution >= 0.6 is 0 Å². The predicted molar refractivity (Wildman–Crippen MR) is 70.3 cm³/mol. The lowest BCUT2D eigenvalue weighted by atomic mass is 9.74. The molecule has 0 saturated heterocycles. The van der Waals surface area contributed by atoms with E-state index in [0.717, 1.165) is 25.6 Å². The monoisotopic (exact) mass is 239 g/mol. The number of hydrogen-bond acceptors (Lipinski definition) is 4. The molecule has 0 bridgehead atoms. The quantitative estimate of drug-likeness (QED) is 0.810. The molecule has 4 nitrogen and oxygen atoms in total. The van der Waals surface area contributed by atoms with Crippen molar-refractivity contribution in [3.05, 3.63) is 0 Å². The number of likely N-dealkylation sites (N-methyl/N-ethyl adjacent to an activating group) is 1. The van der Waals surface area contributed by atoms with Crippen molar-refractivity contribution in [2.24, 2.45) is 10.4 Å². The van der Waals surface area contributed by atoms with Gasteiger partial charge in [0.25, 0.3) is 0 Å². The first-order valence-electron chi connectivity index (χ1n) is 6.65. The predicted octanol–water partition coefficient (Wildman–Crippen LogP) is 1.47. The highest BCUT2D eigenvalue weighted by molar-refractivity contribution is 5.81. The van der Waals surface area contributed by atoms with E-state index in [1.54, 1.807) is 0 Å². The summed E-state index contributed by atoms with van der Waals surface area (Å²) in [5.74, 6) is 1.07. The normalized spacial score (nSPS) is 33.7. The molecule has 0 spiro atoms. The van der Waals surface area contributed by atoms with Gasteiger partial charge in [0.1, 0.15) is 0 Å². The number of nitrogens with zero attached hydrogens (tertiary/aromatic N) is 2. The maximum Gasteiger partial charge on any atom is 0.193 e. The number of aliphatic imine (C=N–C) groups is 1. The van der Waals surface area contributed by atoms with E-state index in [1.165, 1.54) is 25.7 Å². The summed E-state index contributed by atoms with van der Waals surface area (Å²) >= 11 is 0. The summed E-state index contributed by atoms with van der Waals surface area (Å²) < 4.78 is 5.43. The van der Waals surface area contributed by atoms with Crippen LogP contribution < -0.4 is 5.32 Å². The Kier molecular flexibility index (Phi) is 3.92. The Morgan fingerprint density at radius 1 is 1.47 bits per heavy atom. The van der Waals surface area contributed by atoms with Crippen LogP contribution in [0.3, 0.4) is 0 Å². The van der Waals surface area contributed by atoms with E-state index in [4.69, 9.17) is 4.74 Å². The number of methoxy groups -OCH3 is 1. The minimum Gasteiger partial charge on any atom is -0.381 e. The van der Waals surface area contributed by atoms with Crippen LogP contribution in [0.1, 0.15) is 32.6 Å². The Morgan fingerprint density at radius 2 is 2.18 bits per heavy atom. The fraction of sp³-hybridized carbons (Fsp3) is 0.923. The van der Waals surface area contributed by atoms with E-state index >= 15 is 0 Å². The molecule has 1 saturated carbocycles. The van der Waals surface area contributed by atoms with Crippen molar-refractivity contribution < 1.29 is 4.74 Å². The molecule has 0 aromatic rings. The maximum absolute atomic E-state index is 5.43. The van der Waals surface area contributed by atoms with Crippen LogP contribution in [-0.4, -0.2) is 50.8 Å². The molecule has 4 heteroatoms. The molecule has 2 aliphatic rings. The van der Waals surface area contributed by atoms with E-state index in [2.05, 4.69) is 29.2 Å². The van der Waals surface area contributed by atoms with Gasteiger partial charge in [0.15, 0.2) is 5.96 Å². The van der Waals surface area contributed by atoms with Gasteiger partial charge in [-0.15, -0.1) is 0 Å². The molecule has 1 N–H and O–H groups in total. The van der Waals surface area contributed by atoms with Gasteiger partial charge < -0.3 is 15.0 Å². The van der Waals surface area contributed by atoms with Gasteiger partial charge in [-0.3, -0.25) is 4.99 Å². The highest BCUT2D eigenvalue weighted by atomic mass is 16.5. The van der Waals surface area contributed by atoms with Crippen molar-refractivity contribution >= 4 is 5.96 Å². The molecule has 0 aromatic heterocycles. The van der Waals surface area contributed by atoms with E-state index in [0.29, 0.717) is 11.5 Å². The number of nitrogens with one attached hydrogen (secondary N) is 1. The molecule has 0 radical (unpaired) electrons. The fourth-order valence-corrected chi connectivity index (χ4v) is 2.72. The lowest BCUT2D eigenvalue weighted by molar-refractivity contribution is 0.0337. The standard InChI is InChI=1S/C13H25N3O/c1-13(6-4-11(17-3)5-7-13)10-15-12-14-8-9-16(12)2/h11H,4-10H2,1-3H3,(H,14,15). The zero-order valence-corrected chi connectivity index (χ0v) is 11.3. The second-order valence-electron chi connectivity index (χ2n) is 5.73. The van der Waals surface area contributed by atoms with Gasteiger partial charge in [-0.1, -0.05) is 6.92 Å². The van der Waals surface area contributed by atoms with Crippen molar-refractivity contribution in [2.75, 3.05) is 33.8 Å². The van der Waals surface area contributed by atoms with Gasteiger partial charge in [-0.05, 0) is 31.1 Å². The van der Waals surface area contributed by atoms with Crippen LogP contribution in [0.4, 0.5) is 0 Å². The van der Waals surface area contributed by atoms with E-state index in [-0.39, 0.29) is 0 Å². The first kappa shape index (κ1) is 12.7. The Bertz CT molecular complexity index is 282. The zero-order valence-electron chi connectivity index (χ0n) is 11.3. The van der Waals surface area contributed by atoms with Gasteiger partial charge in [0, 0.05) is 27.2 Å². The van der Waals surface area contributed by atoms with Gasteiger partial charge in [-0.2, -0.15) is 0 Å². The summed E-state index contributed by atoms with van der Waals surface area (Å²) in [7, 11) is 3.93. The van der Waals surface area contributed by atoms with Gasteiger partial charge >= 0.3 is 0 Å². The average Bonchev–Trinajstić information content (AvgIpc) is 2.74. The first-order valence-corrected chi connectivity index (χ1v) is 6.65. The Balaban J connectivity index is 1.78. The first-order chi connectivity index (χ1) is 8.13. The van der Waals surface area contributed by atoms with Crippen LogP contribution in [0.15, 0.2) is 4.99 Å². The van der Waals surface area contributed by atoms with Crippen LogP contribution in [-0.2, 0) is 4.74 Å². The third kappa shape index (κ3) is 3.12. The van der Waals surface area contributed by atoms with Crippen LogP contribution in [0.5, 0.6) is 0 Å². The smallest absolute Gasteiger partial charge is 0.193 e. The summed E-state index contributed by atoms with van der Waals surface area (Å²) in [5, 5.41) is 3.51. The molecule has 1 aliphatic heterocycles. The topological polar surface area (TPSA) is 36.9 Å². The average molecular weight is 239 g/mol. The van der Waals surface area contributed by atoms with Gasteiger partial charge in [-0.25, -0.2) is 0 Å². The zero-order chi connectivity index (χ0) is 12.3. The number of guanidine groups is 1. The molecule has 17 heavy (non-hydrogen) atoms. The molecule has 1 fully saturated rings. The molecule has 0 aromatic carbocycles. The lowest BCUT2D eigenvalue weighted by Gasteiger charge is -2.37. The van der Waals surface area contributed by atoms with E-state index in [9.17, 15) is 0 Å². The molecule has 2 rings (SSSR count). The van der Waals surface area contributed by atoms with Crippen molar-refractivity contribution in [3.8, 4) is 0 Å². The highest BCUT2D eigenvalue weighted by Gasteiger charge is 2.31. The van der Waals surface area contributed by atoms with Gasteiger partial charge in [0.05, 0.1) is 12.6 Å². The lowest BCUT2D eigenvalue weighted by Crippen LogP contribution is -2.43. The molecule has 1 aliphatic carbocycles. The van der Waals surface area contributed by atoms with Gasteiger partial charge in [0.2, 0.25) is 0 Å². The summed E-state index contributed by atoms with van der Waals surface area (Å²) in [6, 6.07) is 0. The minimum atomic E-state index is 0.404. The SMILES string of the molecule is COC1CCC(C)(CNC2=NCCN2C)CC1. The van der Waals surface area contributed by atoms with E-state index < -0.39 is 0 Å². The third-order valence-corrected chi connectivity index (χ3v) is 4.20. The number of ether oxygens (including phenoxy) is 1. The third-order valence-electron chi connectivity index (χ3n) is 4.20. The second kappa shape index (κ2) is 5.25. The fourth-order valence-electron chi connectivity index (χ4n) is 2.72. The van der Waals surface area contributed by atoms with Crippen molar-refractivity contribution in [1.29, 1.82) is 0 Å². The summed E-state index contributed by atoms with van der Waals surface area (Å²) in [5.41, 5.74) is 0.404. The van der Waals surface area contributed by atoms with Crippen LogP contribution in [0.2, 0.25) is 0 Å². The number of hydrogen-bond donors (Lipinski definition) is 1. The molecular formula is C13H25N3O. The van der Waals surface area contributed by atoms with Crippen molar-refractivity contribution in [3.63, 3.8) is 0 Å². The maximum atomic E-state index is 5.43.